The van der Waals surface area contributed by atoms with Gasteiger partial charge >= 0.3 is 0 Å². The fourth-order valence-corrected chi connectivity index (χ4v) is 6.23. The van der Waals surface area contributed by atoms with Gasteiger partial charge in [0.15, 0.2) is 0 Å². The molecule has 4 nitrogen and oxygen atoms in total. The van der Waals surface area contributed by atoms with Crippen LogP contribution in [0.15, 0.2) is 62.6 Å². The molecule has 0 aliphatic rings. The number of sulfonamides is 1. The smallest absolute Gasteiger partial charge is 0.250 e. The van der Waals surface area contributed by atoms with Gasteiger partial charge in [-0.05, 0) is 45.8 Å². The van der Waals surface area contributed by atoms with Crippen LogP contribution in [0.5, 0.6) is 0 Å². The zero-order chi connectivity index (χ0) is 17.2. The second-order valence-electron chi connectivity index (χ2n) is 5.00. The number of benzene rings is 1. The summed E-state index contributed by atoms with van der Waals surface area (Å²) in [6, 6.07) is 16.3. The molecule has 0 fully saturated rings. The standard InChI is InChI=1S/C16H14BrNO3S3/c17-14-8-9-15(23-14)24(20,21)18-10-12-6-7-13(22-12)16(19)11-4-2-1-3-5-11/h1-9,16,18-19H,10H2/t16-/m1/s1. The lowest BCUT2D eigenvalue weighted by molar-refractivity contribution is 0.224. The van der Waals surface area contributed by atoms with E-state index in [-0.39, 0.29) is 10.8 Å². The van der Waals surface area contributed by atoms with Crippen LogP contribution in [0.1, 0.15) is 21.4 Å². The van der Waals surface area contributed by atoms with Gasteiger partial charge in [0.25, 0.3) is 0 Å². The number of halogens is 1. The van der Waals surface area contributed by atoms with Gasteiger partial charge in [0.1, 0.15) is 10.3 Å². The summed E-state index contributed by atoms with van der Waals surface area (Å²) in [5, 5.41) is 10.4. The summed E-state index contributed by atoms with van der Waals surface area (Å²) in [5.41, 5.74) is 0.815. The Kier molecular flexibility index (Phi) is 5.53. The molecule has 3 aromatic rings. The van der Waals surface area contributed by atoms with Crippen molar-refractivity contribution in [1.29, 1.82) is 0 Å². The van der Waals surface area contributed by atoms with E-state index in [1.165, 1.54) is 22.7 Å². The Morgan fingerprint density at radius 2 is 1.79 bits per heavy atom. The number of aliphatic hydroxyl groups is 1. The van der Waals surface area contributed by atoms with Crippen molar-refractivity contribution < 1.29 is 13.5 Å². The molecule has 1 aromatic carbocycles. The SMILES string of the molecule is O=S(=O)(NCc1ccc([C@H](O)c2ccccc2)s1)c1ccc(Br)s1. The first-order chi connectivity index (χ1) is 11.5. The average Bonchev–Trinajstić information content (AvgIpc) is 3.22. The molecule has 2 heterocycles. The largest absolute Gasteiger partial charge is 0.383 e. The first-order valence-electron chi connectivity index (χ1n) is 7.02. The molecule has 24 heavy (non-hydrogen) atoms. The summed E-state index contributed by atoms with van der Waals surface area (Å²) < 4.78 is 28.1. The zero-order valence-electron chi connectivity index (χ0n) is 12.3. The van der Waals surface area contributed by atoms with Crippen LogP contribution in [0.3, 0.4) is 0 Å². The third kappa shape index (κ3) is 4.14. The van der Waals surface area contributed by atoms with Gasteiger partial charge < -0.3 is 5.11 Å². The highest BCUT2D eigenvalue weighted by molar-refractivity contribution is 9.11. The number of nitrogens with one attached hydrogen (secondary N) is 1. The van der Waals surface area contributed by atoms with E-state index in [9.17, 15) is 13.5 Å². The van der Waals surface area contributed by atoms with E-state index >= 15 is 0 Å². The lowest BCUT2D eigenvalue weighted by Crippen LogP contribution is -2.21. The van der Waals surface area contributed by atoms with Crippen molar-refractivity contribution in [1.82, 2.24) is 4.72 Å². The van der Waals surface area contributed by atoms with Gasteiger partial charge in [-0.2, -0.15) is 0 Å². The fourth-order valence-electron chi connectivity index (χ4n) is 2.12. The normalized spacial score (nSPS) is 13.1. The van der Waals surface area contributed by atoms with E-state index in [2.05, 4.69) is 20.7 Å². The topological polar surface area (TPSA) is 66.4 Å². The van der Waals surface area contributed by atoms with E-state index in [0.29, 0.717) is 0 Å². The molecule has 0 saturated carbocycles. The molecular formula is C16H14BrNO3S3. The highest BCUT2D eigenvalue weighted by atomic mass is 79.9. The quantitative estimate of drug-likeness (QED) is 0.601. The van der Waals surface area contributed by atoms with E-state index in [4.69, 9.17) is 0 Å². The highest BCUT2D eigenvalue weighted by Crippen LogP contribution is 2.29. The summed E-state index contributed by atoms with van der Waals surface area (Å²) in [4.78, 5) is 1.63. The monoisotopic (exact) mass is 443 g/mol. The summed E-state index contributed by atoms with van der Waals surface area (Å²) in [5.74, 6) is 0. The first-order valence-corrected chi connectivity index (χ1v) is 10.9. The Hall–Kier alpha value is -1.03. The van der Waals surface area contributed by atoms with Crippen molar-refractivity contribution >= 4 is 48.6 Å². The molecule has 1 atom stereocenters. The molecule has 0 bridgehead atoms. The van der Waals surface area contributed by atoms with Crippen LogP contribution in [-0.4, -0.2) is 13.5 Å². The number of hydrogen-bond donors (Lipinski definition) is 2. The second kappa shape index (κ2) is 7.47. The molecule has 0 aliphatic heterocycles. The van der Waals surface area contributed by atoms with Gasteiger partial charge in [-0.25, -0.2) is 13.1 Å². The lowest BCUT2D eigenvalue weighted by atomic mass is 10.1. The second-order valence-corrected chi connectivity index (χ2v) is 10.7. The van der Waals surface area contributed by atoms with Gasteiger partial charge in [-0.1, -0.05) is 30.3 Å². The molecular weight excluding hydrogens is 430 g/mol. The van der Waals surface area contributed by atoms with Crippen molar-refractivity contribution in [3.8, 4) is 0 Å². The molecule has 126 valence electrons. The maximum absolute atomic E-state index is 12.2. The van der Waals surface area contributed by atoms with E-state index in [1.807, 2.05) is 42.5 Å². The maximum Gasteiger partial charge on any atom is 0.250 e. The summed E-state index contributed by atoms with van der Waals surface area (Å²) in [6.45, 7) is 0.198. The van der Waals surface area contributed by atoms with Crippen LogP contribution in [0.2, 0.25) is 0 Å². The first kappa shape index (κ1) is 17.8. The molecule has 3 rings (SSSR count). The van der Waals surface area contributed by atoms with Crippen molar-refractivity contribution in [2.24, 2.45) is 0 Å². The number of rotatable bonds is 6. The van der Waals surface area contributed by atoms with Crippen molar-refractivity contribution in [2.45, 2.75) is 16.9 Å². The van der Waals surface area contributed by atoms with Crippen molar-refractivity contribution in [3.63, 3.8) is 0 Å². The third-order valence-electron chi connectivity index (χ3n) is 3.32. The number of hydrogen-bond acceptors (Lipinski definition) is 5. The predicted molar refractivity (Wildman–Crippen MR) is 101 cm³/mol. The molecule has 0 aliphatic carbocycles. The fraction of sp³-hybridized carbons (Fsp3) is 0.125. The molecule has 2 aromatic heterocycles. The molecule has 2 N–H and O–H groups in total. The molecule has 0 radical (unpaired) electrons. The Morgan fingerprint density at radius 1 is 1.04 bits per heavy atom. The van der Waals surface area contributed by atoms with E-state index in [1.54, 1.807) is 12.1 Å². The minimum absolute atomic E-state index is 0.198. The molecule has 0 spiro atoms. The van der Waals surface area contributed by atoms with Gasteiger partial charge in [0, 0.05) is 16.3 Å². The Labute approximate surface area is 157 Å². The Balaban J connectivity index is 1.68. The van der Waals surface area contributed by atoms with E-state index in [0.717, 1.165) is 19.1 Å². The number of aliphatic hydroxyl groups excluding tert-OH is 1. The highest BCUT2D eigenvalue weighted by Gasteiger charge is 2.17. The molecule has 0 saturated heterocycles. The minimum atomic E-state index is -3.52. The molecule has 0 unspecified atom stereocenters. The summed E-state index contributed by atoms with van der Waals surface area (Å²) in [6.07, 6.45) is -0.699. The average molecular weight is 444 g/mol. The van der Waals surface area contributed by atoms with Crippen LogP contribution in [0, 0.1) is 0 Å². The van der Waals surface area contributed by atoms with Crippen LogP contribution in [0.25, 0.3) is 0 Å². The lowest BCUT2D eigenvalue weighted by Gasteiger charge is -2.08. The maximum atomic E-state index is 12.2. The predicted octanol–water partition coefficient (Wildman–Crippen LogP) is 4.13. The zero-order valence-corrected chi connectivity index (χ0v) is 16.4. The van der Waals surface area contributed by atoms with Gasteiger partial charge in [-0.15, -0.1) is 22.7 Å². The van der Waals surface area contributed by atoms with E-state index < -0.39 is 16.1 Å². The number of thiophene rings is 2. The van der Waals surface area contributed by atoms with Gasteiger partial charge in [0.2, 0.25) is 10.0 Å². The van der Waals surface area contributed by atoms with Crippen LogP contribution < -0.4 is 4.72 Å². The van der Waals surface area contributed by atoms with Crippen LogP contribution in [0.4, 0.5) is 0 Å². The minimum Gasteiger partial charge on any atom is -0.383 e. The third-order valence-corrected chi connectivity index (χ3v) is 7.97. The molecule has 8 heteroatoms. The summed E-state index contributed by atoms with van der Waals surface area (Å²) >= 11 is 5.82. The molecule has 0 amide bonds. The van der Waals surface area contributed by atoms with Gasteiger partial charge in [-0.3, -0.25) is 0 Å². The Morgan fingerprint density at radius 3 is 2.46 bits per heavy atom. The Bertz CT molecular complexity index is 919. The van der Waals surface area contributed by atoms with Crippen LogP contribution >= 0.6 is 38.6 Å². The van der Waals surface area contributed by atoms with Crippen molar-refractivity contribution in [2.75, 3.05) is 0 Å². The van der Waals surface area contributed by atoms with Gasteiger partial charge in [0.05, 0.1) is 3.79 Å². The van der Waals surface area contributed by atoms with Crippen LogP contribution in [-0.2, 0) is 16.6 Å². The summed E-state index contributed by atoms with van der Waals surface area (Å²) in [7, 11) is -3.52. The van der Waals surface area contributed by atoms with Crippen molar-refractivity contribution in [3.05, 3.63) is 73.7 Å².